The van der Waals surface area contributed by atoms with Crippen molar-refractivity contribution in [3.8, 4) is 22.6 Å². The van der Waals surface area contributed by atoms with E-state index in [4.69, 9.17) is 35.5 Å². The van der Waals surface area contributed by atoms with Crippen molar-refractivity contribution in [2.24, 2.45) is 5.92 Å². The molecule has 1 N–H and O–H groups in total. The average Bonchev–Trinajstić information content (AvgIpc) is 2.96. The number of nitrogens with one attached hydrogen (secondary N) is 1. The summed E-state index contributed by atoms with van der Waals surface area (Å²) in [6.45, 7) is 4.46. The Morgan fingerprint density at radius 2 is 1.98 bits per heavy atom. The van der Waals surface area contributed by atoms with Crippen molar-refractivity contribution >= 4 is 34.5 Å². The van der Waals surface area contributed by atoms with Gasteiger partial charge in [0.15, 0.2) is 0 Å². The number of methoxy groups -OCH3 is 2. The molecule has 236 valence electrons. The van der Waals surface area contributed by atoms with E-state index in [9.17, 15) is 9.59 Å². The average molecular weight is 627 g/mol. The van der Waals surface area contributed by atoms with Gasteiger partial charge in [0.1, 0.15) is 17.1 Å². The lowest BCUT2D eigenvalue weighted by Crippen LogP contribution is -2.54. The van der Waals surface area contributed by atoms with E-state index in [1.807, 2.05) is 25.1 Å². The van der Waals surface area contributed by atoms with Gasteiger partial charge in [-0.3, -0.25) is 14.2 Å². The van der Waals surface area contributed by atoms with Crippen LogP contribution in [0.5, 0.6) is 11.5 Å². The lowest BCUT2D eigenvalue weighted by molar-refractivity contribution is -0.139. The van der Waals surface area contributed by atoms with Gasteiger partial charge >= 0.3 is 0 Å². The zero-order valence-corrected chi connectivity index (χ0v) is 26.3. The number of likely N-dealkylation sites (N-methyl/N-ethyl adjacent to an activating group) is 1. The highest BCUT2D eigenvalue weighted by atomic mass is 35.5. The molecule has 2 aliphatic rings. The highest BCUT2D eigenvalue weighted by Crippen LogP contribution is 2.38. The van der Waals surface area contributed by atoms with Crippen molar-refractivity contribution in [3.63, 3.8) is 0 Å². The van der Waals surface area contributed by atoms with E-state index in [-0.39, 0.29) is 30.7 Å². The maximum Gasteiger partial charge on any atom is 0.260 e. The summed E-state index contributed by atoms with van der Waals surface area (Å²) in [7, 11) is 6.95. The molecular weight excluding hydrogens is 588 g/mol. The Labute approximate surface area is 261 Å². The second-order valence-electron chi connectivity index (χ2n) is 11.2. The fraction of sp³-hybridized carbons (Fsp3) is 0.484. The van der Waals surface area contributed by atoms with Gasteiger partial charge in [-0.25, -0.2) is 4.98 Å². The molecule has 0 radical (unpaired) electrons. The highest BCUT2D eigenvalue weighted by molar-refractivity contribution is 6.35. The molecule has 12 nitrogen and oxygen atoms in total. The van der Waals surface area contributed by atoms with E-state index >= 15 is 0 Å². The Morgan fingerprint density at radius 3 is 2.66 bits per heavy atom. The quantitative estimate of drug-likeness (QED) is 0.268. The van der Waals surface area contributed by atoms with Crippen LogP contribution in [0.4, 0.5) is 5.95 Å². The van der Waals surface area contributed by atoms with Gasteiger partial charge in [-0.05, 0) is 32.6 Å². The molecule has 2 saturated heterocycles. The molecule has 1 amide bonds. The highest BCUT2D eigenvalue weighted by Gasteiger charge is 2.30. The monoisotopic (exact) mass is 626 g/mol. The van der Waals surface area contributed by atoms with Crippen molar-refractivity contribution in [2.45, 2.75) is 19.1 Å². The Balaban J connectivity index is 1.37. The molecule has 0 aliphatic carbocycles. The normalized spacial score (nSPS) is 15.5. The van der Waals surface area contributed by atoms with E-state index in [1.54, 1.807) is 39.9 Å². The molecule has 13 heteroatoms. The molecule has 0 atom stereocenters. The van der Waals surface area contributed by atoms with Crippen LogP contribution in [0.15, 0.2) is 41.3 Å². The van der Waals surface area contributed by atoms with Crippen LogP contribution in [0.3, 0.4) is 0 Å². The largest absolute Gasteiger partial charge is 0.497 e. The van der Waals surface area contributed by atoms with Gasteiger partial charge in [-0.1, -0.05) is 17.7 Å². The number of likely N-dealkylation sites (tertiary alicyclic amines) is 1. The van der Waals surface area contributed by atoms with Crippen LogP contribution >= 0.6 is 11.6 Å². The van der Waals surface area contributed by atoms with E-state index in [1.165, 1.54) is 14.2 Å². The Bertz CT molecular complexity index is 1570. The molecule has 5 rings (SSSR count). The molecule has 2 aliphatic heterocycles. The van der Waals surface area contributed by atoms with Crippen molar-refractivity contribution in [3.05, 3.63) is 51.9 Å². The minimum Gasteiger partial charge on any atom is -0.497 e. The number of anilines is 1. The predicted molar refractivity (Wildman–Crippen MR) is 169 cm³/mol. The Morgan fingerprint density at radius 1 is 1.18 bits per heavy atom. The van der Waals surface area contributed by atoms with Crippen LogP contribution in [0, 0.1) is 5.92 Å². The predicted octanol–water partition coefficient (Wildman–Crippen LogP) is 2.92. The third kappa shape index (κ3) is 7.32. The summed E-state index contributed by atoms with van der Waals surface area (Å²) in [6.07, 6.45) is 5.98. The number of halogens is 1. The van der Waals surface area contributed by atoms with Gasteiger partial charge in [0.2, 0.25) is 11.9 Å². The number of amides is 1. The molecule has 1 aromatic carbocycles. The molecule has 0 bridgehead atoms. The first-order valence-corrected chi connectivity index (χ1v) is 15.0. The zero-order chi connectivity index (χ0) is 31.2. The Kier molecular flexibility index (Phi) is 10.4. The molecular formula is C31H39ClN6O6. The van der Waals surface area contributed by atoms with E-state index in [2.05, 4.69) is 10.3 Å². The summed E-state index contributed by atoms with van der Waals surface area (Å²) in [5, 5.41) is 4.24. The summed E-state index contributed by atoms with van der Waals surface area (Å²) in [4.78, 5) is 39.4. The van der Waals surface area contributed by atoms with Gasteiger partial charge in [-0.2, -0.15) is 4.98 Å². The van der Waals surface area contributed by atoms with E-state index in [0.717, 1.165) is 19.6 Å². The molecule has 0 saturated carbocycles. The number of aromatic nitrogens is 3. The SMILES string of the molecule is COc1cc(OC)c(Cl)c(-c2cc3cnc(NCCC4COC4)nc3n(CCOC3CN(C(=O)C=CCN(C)C)C3)c2=O)c1. The molecule has 44 heavy (non-hydrogen) atoms. The summed E-state index contributed by atoms with van der Waals surface area (Å²) in [5.74, 6) is 1.84. The van der Waals surface area contributed by atoms with Crippen LogP contribution in [-0.2, 0) is 20.8 Å². The Hall–Kier alpha value is -3.71. The molecule has 2 aromatic heterocycles. The van der Waals surface area contributed by atoms with Crippen molar-refractivity contribution in [1.82, 2.24) is 24.3 Å². The van der Waals surface area contributed by atoms with Gasteiger partial charge in [0.05, 0.1) is 51.7 Å². The number of hydrogen-bond donors (Lipinski definition) is 1. The summed E-state index contributed by atoms with van der Waals surface area (Å²) in [6, 6.07) is 5.12. The maximum absolute atomic E-state index is 14.1. The first-order chi connectivity index (χ1) is 21.3. The van der Waals surface area contributed by atoms with Gasteiger partial charge in [0.25, 0.3) is 5.56 Å². The molecule has 0 unspecified atom stereocenters. The number of ether oxygens (including phenoxy) is 4. The number of hydrogen-bond acceptors (Lipinski definition) is 10. The van der Waals surface area contributed by atoms with Crippen LogP contribution in [0.2, 0.25) is 5.02 Å². The second-order valence-corrected chi connectivity index (χ2v) is 11.6. The lowest BCUT2D eigenvalue weighted by atomic mass is 10.0. The summed E-state index contributed by atoms with van der Waals surface area (Å²) >= 11 is 6.69. The minimum atomic E-state index is -0.286. The van der Waals surface area contributed by atoms with Gasteiger partial charge in [0, 0.05) is 66.9 Å². The standard InChI is InChI=1S/C31H39ClN6O6/c1-36(2)9-5-6-27(39)37-16-23(17-37)44-11-10-38-29-21(15-34-31(35-29)33-8-7-20-18-43-19-20)12-25(30(38)40)24-13-22(41-3)14-26(42-4)28(24)32/h5-6,12-15,20,23H,7-11,16-19H2,1-4H3,(H,33,34,35). The van der Waals surface area contributed by atoms with Crippen molar-refractivity contribution < 1.29 is 23.7 Å². The van der Waals surface area contributed by atoms with Crippen LogP contribution in [0.1, 0.15) is 6.42 Å². The fourth-order valence-electron chi connectivity index (χ4n) is 5.02. The van der Waals surface area contributed by atoms with Crippen LogP contribution in [0.25, 0.3) is 22.2 Å². The molecule has 2 fully saturated rings. The topological polar surface area (TPSA) is 120 Å². The maximum atomic E-state index is 14.1. The third-order valence-corrected chi connectivity index (χ3v) is 8.08. The minimum absolute atomic E-state index is 0.0335. The number of benzene rings is 1. The van der Waals surface area contributed by atoms with Gasteiger partial charge < -0.3 is 34.1 Å². The number of carbonyl (C=O) groups is 1. The molecule has 0 spiro atoms. The third-order valence-electron chi connectivity index (χ3n) is 7.69. The summed E-state index contributed by atoms with van der Waals surface area (Å²) < 4.78 is 23.8. The number of carbonyl (C=O) groups excluding carboxylic acids is 1. The smallest absolute Gasteiger partial charge is 0.260 e. The van der Waals surface area contributed by atoms with E-state index < -0.39 is 0 Å². The fourth-order valence-corrected chi connectivity index (χ4v) is 5.31. The van der Waals surface area contributed by atoms with Crippen molar-refractivity contribution in [1.29, 1.82) is 0 Å². The van der Waals surface area contributed by atoms with Crippen molar-refractivity contribution in [2.75, 3.05) is 79.6 Å². The van der Waals surface area contributed by atoms with Gasteiger partial charge in [-0.15, -0.1) is 0 Å². The van der Waals surface area contributed by atoms with E-state index in [0.29, 0.717) is 76.7 Å². The second kappa shape index (κ2) is 14.4. The zero-order valence-electron chi connectivity index (χ0n) is 25.5. The number of fused-ring (bicyclic) bond motifs is 1. The first-order valence-electron chi connectivity index (χ1n) is 14.6. The first kappa shape index (κ1) is 31.7. The van der Waals surface area contributed by atoms with Crippen LogP contribution < -0.4 is 20.3 Å². The molecule has 3 aromatic rings. The number of pyridine rings is 1. The lowest BCUT2D eigenvalue weighted by Gasteiger charge is -2.38. The summed E-state index contributed by atoms with van der Waals surface area (Å²) in [5.41, 5.74) is 1.03. The van der Waals surface area contributed by atoms with Crippen LogP contribution in [-0.4, -0.2) is 111 Å². The molecule has 4 heterocycles. The number of rotatable bonds is 14. The number of nitrogens with zero attached hydrogens (tertiary/aromatic N) is 5.